The van der Waals surface area contributed by atoms with E-state index in [-0.39, 0.29) is 18.4 Å². The third-order valence-electron chi connectivity index (χ3n) is 7.69. The van der Waals surface area contributed by atoms with E-state index in [1.54, 1.807) is 0 Å². The van der Waals surface area contributed by atoms with Crippen molar-refractivity contribution >= 4 is 18.2 Å². The molecular formula is C28H43N3O4. The molecule has 1 aliphatic carbocycles. The third-order valence-corrected chi connectivity index (χ3v) is 7.69. The smallest absolute Gasteiger partial charge is 0.245 e. The molecule has 0 spiro atoms. The maximum atomic E-state index is 13.6. The topological polar surface area (TPSA) is 90.0 Å². The molecule has 1 aliphatic heterocycles. The van der Waals surface area contributed by atoms with Crippen LogP contribution in [0, 0.1) is 23.2 Å². The zero-order chi connectivity index (χ0) is 25.4. The van der Waals surface area contributed by atoms with Gasteiger partial charge >= 0.3 is 0 Å². The molecule has 7 nitrogen and oxygen atoms in total. The zero-order valence-corrected chi connectivity index (χ0v) is 21.6. The number of carbonyl (C=O) groups excluding carboxylic acids is 3. The van der Waals surface area contributed by atoms with Gasteiger partial charge in [0.05, 0.1) is 12.5 Å². The molecule has 35 heavy (non-hydrogen) atoms. The number of rotatable bonds is 10. The molecule has 1 saturated carbocycles. The first-order valence-corrected chi connectivity index (χ1v) is 13.2. The first-order chi connectivity index (χ1) is 16.7. The molecule has 3 amide bonds. The van der Waals surface area contributed by atoms with Crippen LogP contribution in [0.25, 0.3) is 0 Å². The van der Waals surface area contributed by atoms with E-state index < -0.39 is 17.4 Å². The molecule has 1 saturated heterocycles. The second kappa shape index (κ2) is 12.5. The SMILES string of the molecule is CC(C)(C)C(NC(=O)[C@H](CC1CCCC1)CN(O)C=O)C(=O)N1CCC(Cc2ccccc2)CC1. The summed E-state index contributed by atoms with van der Waals surface area (Å²) >= 11 is 0. The second-order valence-corrected chi connectivity index (χ2v) is 11.6. The molecular weight excluding hydrogens is 442 g/mol. The van der Waals surface area contributed by atoms with Gasteiger partial charge in [0.25, 0.3) is 0 Å². The van der Waals surface area contributed by atoms with E-state index >= 15 is 0 Å². The Morgan fingerprint density at radius 2 is 1.71 bits per heavy atom. The monoisotopic (exact) mass is 485 g/mol. The number of piperidine rings is 1. The van der Waals surface area contributed by atoms with Gasteiger partial charge in [-0.05, 0) is 48.5 Å². The summed E-state index contributed by atoms with van der Waals surface area (Å²) in [6, 6.07) is 9.81. The molecule has 194 valence electrons. The molecule has 1 heterocycles. The predicted molar refractivity (Wildman–Crippen MR) is 135 cm³/mol. The molecule has 2 aliphatic rings. The van der Waals surface area contributed by atoms with Gasteiger partial charge in [-0.3, -0.25) is 19.6 Å². The van der Waals surface area contributed by atoms with E-state index in [0.29, 0.717) is 42.8 Å². The Kier molecular flexibility index (Phi) is 9.72. The number of nitrogens with one attached hydrogen (secondary N) is 1. The molecule has 2 fully saturated rings. The minimum Gasteiger partial charge on any atom is -0.344 e. The fourth-order valence-electron chi connectivity index (χ4n) is 5.58. The average Bonchev–Trinajstić information content (AvgIpc) is 3.35. The Balaban J connectivity index is 1.62. The number of carbonyl (C=O) groups is 3. The third kappa shape index (κ3) is 8.06. The highest BCUT2D eigenvalue weighted by Crippen LogP contribution is 2.31. The lowest BCUT2D eigenvalue weighted by Gasteiger charge is -2.39. The van der Waals surface area contributed by atoms with E-state index in [1.807, 2.05) is 31.7 Å². The van der Waals surface area contributed by atoms with Gasteiger partial charge < -0.3 is 10.2 Å². The van der Waals surface area contributed by atoms with Gasteiger partial charge in [-0.15, -0.1) is 0 Å². The van der Waals surface area contributed by atoms with Crippen molar-refractivity contribution in [2.75, 3.05) is 19.6 Å². The van der Waals surface area contributed by atoms with Crippen LogP contribution in [-0.2, 0) is 20.8 Å². The lowest BCUT2D eigenvalue weighted by molar-refractivity contribution is -0.156. The van der Waals surface area contributed by atoms with Crippen LogP contribution in [-0.4, -0.2) is 59.1 Å². The first kappa shape index (κ1) is 27.2. The Labute approximate surface area is 210 Å². The fourth-order valence-corrected chi connectivity index (χ4v) is 5.58. The molecule has 2 N–H and O–H groups in total. The summed E-state index contributed by atoms with van der Waals surface area (Å²) in [6.45, 7) is 7.23. The summed E-state index contributed by atoms with van der Waals surface area (Å²) in [6.07, 6.45) is 8.32. The summed E-state index contributed by atoms with van der Waals surface area (Å²) in [5.74, 6) is 0.129. The summed E-state index contributed by atoms with van der Waals surface area (Å²) in [5, 5.41) is 13.4. The number of benzene rings is 1. The number of hydrogen-bond acceptors (Lipinski definition) is 4. The van der Waals surface area contributed by atoms with Gasteiger partial charge in [-0.1, -0.05) is 76.8 Å². The molecule has 1 aromatic carbocycles. The van der Waals surface area contributed by atoms with Gasteiger partial charge in [-0.2, -0.15) is 0 Å². The minimum absolute atomic E-state index is 0.0418. The van der Waals surface area contributed by atoms with E-state index in [9.17, 15) is 19.6 Å². The molecule has 3 rings (SSSR count). The van der Waals surface area contributed by atoms with E-state index in [1.165, 1.54) is 5.56 Å². The highest BCUT2D eigenvalue weighted by Gasteiger charge is 2.38. The van der Waals surface area contributed by atoms with Crippen LogP contribution in [0.4, 0.5) is 0 Å². The highest BCUT2D eigenvalue weighted by molar-refractivity contribution is 5.89. The normalized spacial score (nSPS) is 19.3. The fraction of sp³-hybridized carbons (Fsp3) is 0.679. The number of likely N-dealkylation sites (tertiary alicyclic amines) is 1. The molecule has 2 atom stereocenters. The molecule has 0 bridgehead atoms. The summed E-state index contributed by atoms with van der Waals surface area (Å²) in [5.41, 5.74) is 0.869. The molecule has 1 unspecified atom stereocenters. The average molecular weight is 486 g/mol. The van der Waals surface area contributed by atoms with Gasteiger partial charge in [0, 0.05) is 13.1 Å². The van der Waals surface area contributed by atoms with Crippen LogP contribution in [0.5, 0.6) is 0 Å². The highest BCUT2D eigenvalue weighted by atomic mass is 16.5. The van der Waals surface area contributed by atoms with Gasteiger partial charge in [0.1, 0.15) is 6.04 Å². The van der Waals surface area contributed by atoms with Crippen molar-refractivity contribution in [1.82, 2.24) is 15.3 Å². The van der Waals surface area contributed by atoms with Crippen molar-refractivity contribution in [3.8, 4) is 0 Å². The summed E-state index contributed by atoms with van der Waals surface area (Å²) in [4.78, 5) is 39.9. The van der Waals surface area contributed by atoms with Crippen molar-refractivity contribution in [2.24, 2.45) is 23.2 Å². The lowest BCUT2D eigenvalue weighted by Crippen LogP contribution is -2.57. The Morgan fingerprint density at radius 1 is 1.09 bits per heavy atom. The lowest BCUT2D eigenvalue weighted by atomic mass is 9.83. The Morgan fingerprint density at radius 3 is 2.29 bits per heavy atom. The van der Waals surface area contributed by atoms with E-state index in [0.717, 1.165) is 44.9 Å². The van der Waals surface area contributed by atoms with Crippen molar-refractivity contribution in [2.45, 2.75) is 78.2 Å². The number of nitrogens with zero attached hydrogens (tertiary/aromatic N) is 2. The largest absolute Gasteiger partial charge is 0.344 e. The Bertz CT molecular complexity index is 824. The van der Waals surface area contributed by atoms with Crippen molar-refractivity contribution in [3.63, 3.8) is 0 Å². The van der Waals surface area contributed by atoms with Gasteiger partial charge in [0.15, 0.2) is 0 Å². The number of amides is 3. The van der Waals surface area contributed by atoms with Gasteiger partial charge in [-0.25, -0.2) is 5.06 Å². The van der Waals surface area contributed by atoms with Crippen LogP contribution in [0.2, 0.25) is 0 Å². The molecule has 0 radical (unpaired) electrons. The second-order valence-electron chi connectivity index (χ2n) is 11.6. The maximum Gasteiger partial charge on any atom is 0.245 e. The van der Waals surface area contributed by atoms with Crippen LogP contribution < -0.4 is 5.32 Å². The zero-order valence-electron chi connectivity index (χ0n) is 21.6. The Hall–Kier alpha value is -2.41. The molecule has 7 heteroatoms. The number of hydroxylamine groups is 2. The minimum atomic E-state index is -0.657. The maximum absolute atomic E-state index is 13.6. The predicted octanol–water partition coefficient (Wildman–Crippen LogP) is 4.04. The van der Waals surface area contributed by atoms with Crippen LogP contribution in [0.15, 0.2) is 30.3 Å². The quantitative estimate of drug-likeness (QED) is 0.297. The van der Waals surface area contributed by atoms with Gasteiger partial charge in [0.2, 0.25) is 18.2 Å². The van der Waals surface area contributed by atoms with Crippen molar-refractivity contribution in [1.29, 1.82) is 0 Å². The standard InChI is InChI=1S/C28H43N3O4/c1-28(2,3)25(29-26(33)24(19-31(35)20-32)18-22-11-7-8-12-22)27(34)30-15-13-23(14-16-30)17-21-9-5-4-6-10-21/h4-6,9-10,20,22-25,35H,7-8,11-19H2,1-3H3,(H,29,33)/t24-,25?/m1/s1. The van der Waals surface area contributed by atoms with Crippen molar-refractivity contribution in [3.05, 3.63) is 35.9 Å². The molecule has 0 aromatic heterocycles. The van der Waals surface area contributed by atoms with Crippen LogP contribution >= 0.6 is 0 Å². The summed E-state index contributed by atoms with van der Waals surface area (Å²) < 4.78 is 0. The first-order valence-electron chi connectivity index (χ1n) is 13.2. The van der Waals surface area contributed by atoms with Crippen LogP contribution in [0.3, 0.4) is 0 Å². The number of hydrogen-bond donors (Lipinski definition) is 2. The van der Waals surface area contributed by atoms with E-state index in [4.69, 9.17) is 0 Å². The summed E-state index contributed by atoms with van der Waals surface area (Å²) in [7, 11) is 0. The molecule has 1 aromatic rings. The van der Waals surface area contributed by atoms with Crippen LogP contribution in [0.1, 0.15) is 71.3 Å². The van der Waals surface area contributed by atoms with E-state index in [2.05, 4.69) is 29.6 Å². The van der Waals surface area contributed by atoms with Crippen molar-refractivity contribution < 1.29 is 19.6 Å².